The fraction of sp³-hybridized carbons (Fsp3) is 0.273. The fourth-order valence-electron chi connectivity index (χ4n) is 1.37. The van der Waals surface area contributed by atoms with Gasteiger partial charge in [0.25, 0.3) is 0 Å². The van der Waals surface area contributed by atoms with E-state index in [2.05, 4.69) is 10.6 Å². The quantitative estimate of drug-likeness (QED) is 0.775. The van der Waals surface area contributed by atoms with Gasteiger partial charge in [-0.3, -0.25) is 0 Å². The van der Waals surface area contributed by atoms with E-state index in [0.717, 1.165) is 12.8 Å². The highest BCUT2D eigenvalue weighted by Gasteiger charge is 2.23. The van der Waals surface area contributed by atoms with Crippen molar-refractivity contribution in [2.45, 2.75) is 18.9 Å². The van der Waals surface area contributed by atoms with Gasteiger partial charge in [0.1, 0.15) is 0 Å². The van der Waals surface area contributed by atoms with Crippen LogP contribution in [0.25, 0.3) is 0 Å². The monoisotopic (exact) mass is 254 g/mol. The van der Waals surface area contributed by atoms with Gasteiger partial charge in [0.2, 0.25) is 0 Å². The van der Waals surface area contributed by atoms with Gasteiger partial charge in [0.15, 0.2) is 0 Å². The van der Waals surface area contributed by atoms with Gasteiger partial charge in [0.05, 0.1) is 11.3 Å². The van der Waals surface area contributed by atoms with Crippen LogP contribution in [0.1, 0.15) is 23.2 Å². The van der Waals surface area contributed by atoms with Crippen LogP contribution in [-0.2, 0) is 0 Å². The van der Waals surface area contributed by atoms with Crippen molar-refractivity contribution in [3.63, 3.8) is 0 Å². The molecule has 0 radical (unpaired) electrons. The largest absolute Gasteiger partial charge is 0.478 e. The maximum atomic E-state index is 11.5. The summed E-state index contributed by atoms with van der Waals surface area (Å²) in [4.78, 5) is 22.4. The molecule has 0 aromatic heterocycles. The molecule has 0 bridgehead atoms. The summed E-state index contributed by atoms with van der Waals surface area (Å²) < 4.78 is 0. The molecule has 90 valence electrons. The molecule has 0 aliphatic heterocycles. The maximum absolute atomic E-state index is 11.5. The number of benzene rings is 1. The smallest absolute Gasteiger partial charge is 0.337 e. The predicted molar refractivity (Wildman–Crippen MR) is 63.6 cm³/mol. The Balaban J connectivity index is 2.13. The van der Waals surface area contributed by atoms with E-state index < -0.39 is 12.0 Å². The summed E-state index contributed by atoms with van der Waals surface area (Å²) in [6.45, 7) is 0. The molecule has 0 spiro atoms. The van der Waals surface area contributed by atoms with Crippen LogP contribution in [0.3, 0.4) is 0 Å². The molecule has 5 nitrogen and oxygen atoms in total. The average molecular weight is 255 g/mol. The molecule has 1 aromatic carbocycles. The molecule has 2 amide bonds. The van der Waals surface area contributed by atoms with Crippen LogP contribution in [0, 0.1) is 0 Å². The summed E-state index contributed by atoms with van der Waals surface area (Å²) in [6, 6.07) is 4.13. The standard InChI is InChI=1S/C11H11ClN2O3/c12-6-1-4-9(8(5-6)10(15)16)14-11(17)13-7-2-3-7/h1,4-5,7H,2-3H2,(H,15,16)(H2,13,14,17). The second-order valence-electron chi connectivity index (χ2n) is 3.87. The minimum atomic E-state index is -1.13. The molecule has 0 saturated heterocycles. The number of nitrogens with one attached hydrogen (secondary N) is 2. The molecular weight excluding hydrogens is 244 g/mol. The molecule has 0 heterocycles. The number of carbonyl (C=O) groups excluding carboxylic acids is 1. The van der Waals surface area contributed by atoms with E-state index in [1.54, 1.807) is 0 Å². The lowest BCUT2D eigenvalue weighted by molar-refractivity contribution is 0.0698. The van der Waals surface area contributed by atoms with Gasteiger partial charge in [-0.25, -0.2) is 9.59 Å². The zero-order valence-electron chi connectivity index (χ0n) is 8.87. The van der Waals surface area contributed by atoms with E-state index in [-0.39, 0.29) is 17.3 Å². The van der Waals surface area contributed by atoms with Crippen LogP contribution in [-0.4, -0.2) is 23.1 Å². The third-order valence-corrected chi connectivity index (χ3v) is 2.61. The van der Waals surface area contributed by atoms with E-state index in [0.29, 0.717) is 5.02 Å². The Bertz CT molecular complexity index is 472. The Morgan fingerprint density at radius 1 is 1.35 bits per heavy atom. The van der Waals surface area contributed by atoms with E-state index in [9.17, 15) is 9.59 Å². The Labute approximate surface area is 103 Å². The fourth-order valence-corrected chi connectivity index (χ4v) is 1.55. The number of amides is 2. The van der Waals surface area contributed by atoms with Crippen molar-refractivity contribution in [2.24, 2.45) is 0 Å². The first kappa shape index (κ1) is 11.7. The summed E-state index contributed by atoms with van der Waals surface area (Å²) in [6.07, 6.45) is 1.94. The van der Waals surface area contributed by atoms with E-state index >= 15 is 0 Å². The Morgan fingerprint density at radius 2 is 2.06 bits per heavy atom. The third-order valence-electron chi connectivity index (χ3n) is 2.37. The summed E-state index contributed by atoms with van der Waals surface area (Å²) in [5.41, 5.74) is 0.212. The highest BCUT2D eigenvalue weighted by atomic mass is 35.5. The second-order valence-corrected chi connectivity index (χ2v) is 4.30. The highest BCUT2D eigenvalue weighted by Crippen LogP contribution is 2.22. The summed E-state index contributed by atoms with van der Waals surface area (Å²) in [5, 5.41) is 14.5. The first-order valence-corrected chi connectivity index (χ1v) is 5.54. The molecule has 0 atom stereocenters. The lowest BCUT2D eigenvalue weighted by Gasteiger charge is -2.09. The Kier molecular flexibility index (Phi) is 3.19. The van der Waals surface area contributed by atoms with Crippen molar-refractivity contribution in [2.75, 3.05) is 5.32 Å². The van der Waals surface area contributed by atoms with E-state index in [4.69, 9.17) is 16.7 Å². The van der Waals surface area contributed by atoms with Gasteiger partial charge >= 0.3 is 12.0 Å². The molecule has 1 aromatic rings. The molecule has 1 aliphatic carbocycles. The number of carboxylic acid groups (broad SMARTS) is 1. The van der Waals surface area contributed by atoms with Crippen molar-refractivity contribution < 1.29 is 14.7 Å². The number of halogens is 1. The van der Waals surface area contributed by atoms with Crippen LogP contribution in [0.4, 0.5) is 10.5 Å². The zero-order valence-corrected chi connectivity index (χ0v) is 9.62. The lowest BCUT2D eigenvalue weighted by atomic mass is 10.2. The zero-order chi connectivity index (χ0) is 12.4. The van der Waals surface area contributed by atoms with Gasteiger partial charge in [-0.05, 0) is 31.0 Å². The Hall–Kier alpha value is -1.75. The second kappa shape index (κ2) is 4.63. The molecule has 1 fully saturated rings. The number of urea groups is 1. The summed E-state index contributed by atoms with van der Waals surface area (Å²) in [7, 11) is 0. The summed E-state index contributed by atoms with van der Waals surface area (Å²) >= 11 is 5.70. The molecule has 0 unspecified atom stereocenters. The summed E-state index contributed by atoms with van der Waals surface area (Å²) in [5.74, 6) is -1.13. The van der Waals surface area contributed by atoms with Gasteiger partial charge < -0.3 is 15.7 Å². The van der Waals surface area contributed by atoms with E-state index in [1.807, 2.05) is 0 Å². The highest BCUT2D eigenvalue weighted by molar-refractivity contribution is 6.31. The normalized spacial score (nSPS) is 14.2. The van der Waals surface area contributed by atoms with Gasteiger partial charge in [-0.1, -0.05) is 11.6 Å². The van der Waals surface area contributed by atoms with E-state index in [1.165, 1.54) is 18.2 Å². The van der Waals surface area contributed by atoms with Crippen LogP contribution < -0.4 is 10.6 Å². The number of carbonyl (C=O) groups is 2. The van der Waals surface area contributed by atoms with Crippen LogP contribution >= 0.6 is 11.6 Å². The first-order valence-electron chi connectivity index (χ1n) is 5.16. The van der Waals surface area contributed by atoms with Crippen LogP contribution in [0.2, 0.25) is 5.02 Å². The minimum Gasteiger partial charge on any atom is -0.478 e. The van der Waals surface area contributed by atoms with Crippen LogP contribution in [0.5, 0.6) is 0 Å². The molecule has 6 heteroatoms. The third kappa shape index (κ3) is 3.10. The SMILES string of the molecule is O=C(Nc1ccc(Cl)cc1C(=O)O)NC1CC1. The van der Waals surface area contributed by atoms with Gasteiger partial charge in [0, 0.05) is 11.1 Å². The number of aromatic carboxylic acids is 1. The van der Waals surface area contributed by atoms with Crippen molar-refractivity contribution in [3.8, 4) is 0 Å². The van der Waals surface area contributed by atoms with Crippen LogP contribution in [0.15, 0.2) is 18.2 Å². The number of anilines is 1. The lowest BCUT2D eigenvalue weighted by Crippen LogP contribution is -2.31. The maximum Gasteiger partial charge on any atom is 0.337 e. The molecule has 2 rings (SSSR count). The number of carboxylic acids is 1. The number of hydrogen-bond acceptors (Lipinski definition) is 2. The van der Waals surface area contributed by atoms with Gasteiger partial charge in [-0.2, -0.15) is 0 Å². The molecule has 17 heavy (non-hydrogen) atoms. The molecule has 3 N–H and O–H groups in total. The number of rotatable bonds is 3. The average Bonchev–Trinajstić information content (AvgIpc) is 3.04. The molecule has 1 saturated carbocycles. The van der Waals surface area contributed by atoms with Crippen molar-refractivity contribution in [1.82, 2.24) is 5.32 Å². The topological polar surface area (TPSA) is 78.4 Å². The van der Waals surface area contributed by atoms with Crippen molar-refractivity contribution in [1.29, 1.82) is 0 Å². The Morgan fingerprint density at radius 3 is 2.65 bits per heavy atom. The molecule has 1 aliphatic rings. The predicted octanol–water partition coefficient (Wildman–Crippen LogP) is 2.32. The number of hydrogen-bond donors (Lipinski definition) is 3. The van der Waals surface area contributed by atoms with Crippen molar-refractivity contribution in [3.05, 3.63) is 28.8 Å². The van der Waals surface area contributed by atoms with Crippen molar-refractivity contribution >= 4 is 29.3 Å². The molecular formula is C11H11ClN2O3. The minimum absolute atomic E-state index is 0.0246. The van der Waals surface area contributed by atoms with Gasteiger partial charge in [-0.15, -0.1) is 0 Å². The first-order chi connectivity index (χ1) is 8.06.